The highest BCUT2D eigenvalue weighted by atomic mass is 16.7. The van der Waals surface area contributed by atoms with Crippen LogP contribution in [0.4, 0.5) is 0 Å². The number of fused-ring (bicyclic) bond motifs is 2. The average Bonchev–Trinajstić information content (AvgIpc) is 3.28. The molecule has 2 aromatic rings. The largest absolute Gasteiger partial charge is 0.507 e. The summed E-state index contributed by atoms with van der Waals surface area (Å²) in [6, 6.07) is 8.73. The van der Waals surface area contributed by atoms with Gasteiger partial charge in [-0.1, -0.05) is 19.9 Å². The zero-order valence-corrected chi connectivity index (χ0v) is 17.2. The molecule has 5 rings (SSSR count). The summed E-state index contributed by atoms with van der Waals surface area (Å²) in [6.07, 6.45) is 2.92. The minimum Gasteiger partial charge on any atom is -0.507 e. The van der Waals surface area contributed by atoms with Crippen molar-refractivity contribution in [3.8, 4) is 23.0 Å². The van der Waals surface area contributed by atoms with Crippen LogP contribution in [0.1, 0.15) is 41.8 Å². The molecule has 156 valence electrons. The molecule has 3 aliphatic heterocycles. The first kappa shape index (κ1) is 19.0. The number of benzene rings is 2. The zero-order chi connectivity index (χ0) is 20.8. The fraction of sp³-hybridized carbons (Fsp3) is 0.375. The number of likely N-dealkylation sites (tertiary alicyclic amines) is 1. The summed E-state index contributed by atoms with van der Waals surface area (Å²) in [5.74, 6) is 3.26. The van der Waals surface area contributed by atoms with E-state index in [0.29, 0.717) is 46.8 Å². The van der Waals surface area contributed by atoms with Crippen molar-refractivity contribution in [1.29, 1.82) is 0 Å². The number of carbonyl (C=O) groups excluding carboxylic acids is 1. The van der Waals surface area contributed by atoms with Crippen LogP contribution in [0.3, 0.4) is 0 Å². The van der Waals surface area contributed by atoms with E-state index in [1.54, 1.807) is 18.2 Å². The number of ketones is 1. The van der Waals surface area contributed by atoms with Gasteiger partial charge in [-0.05, 0) is 54.2 Å². The molecule has 1 fully saturated rings. The van der Waals surface area contributed by atoms with Crippen LogP contribution >= 0.6 is 0 Å². The maximum Gasteiger partial charge on any atom is 0.231 e. The minimum atomic E-state index is -0.177. The summed E-state index contributed by atoms with van der Waals surface area (Å²) < 4.78 is 16.8. The predicted octanol–water partition coefficient (Wildman–Crippen LogP) is 4.22. The molecule has 0 saturated carbocycles. The molecule has 0 bridgehead atoms. The Morgan fingerprint density at radius 2 is 1.87 bits per heavy atom. The van der Waals surface area contributed by atoms with Gasteiger partial charge in [0, 0.05) is 19.6 Å². The molecule has 3 aliphatic rings. The van der Waals surface area contributed by atoms with E-state index < -0.39 is 0 Å². The van der Waals surface area contributed by atoms with Crippen LogP contribution in [0.5, 0.6) is 23.0 Å². The Morgan fingerprint density at radius 3 is 2.67 bits per heavy atom. The van der Waals surface area contributed by atoms with Crippen LogP contribution in [0.25, 0.3) is 6.08 Å². The number of nitrogens with zero attached hydrogens (tertiary/aromatic N) is 1. The van der Waals surface area contributed by atoms with Crippen molar-refractivity contribution >= 4 is 11.9 Å². The summed E-state index contributed by atoms with van der Waals surface area (Å²) >= 11 is 0. The van der Waals surface area contributed by atoms with Gasteiger partial charge in [0.25, 0.3) is 0 Å². The zero-order valence-electron chi connectivity index (χ0n) is 17.2. The number of ether oxygens (including phenoxy) is 3. The number of piperidine rings is 1. The first-order valence-electron chi connectivity index (χ1n) is 10.4. The van der Waals surface area contributed by atoms with Crippen LogP contribution in [-0.2, 0) is 6.54 Å². The van der Waals surface area contributed by atoms with Crippen molar-refractivity contribution in [3.05, 3.63) is 52.8 Å². The highest BCUT2D eigenvalue weighted by Gasteiger charge is 2.33. The molecule has 0 unspecified atom stereocenters. The lowest BCUT2D eigenvalue weighted by molar-refractivity contribution is 0.101. The van der Waals surface area contributed by atoms with E-state index >= 15 is 0 Å². The van der Waals surface area contributed by atoms with Gasteiger partial charge in [0.15, 0.2) is 17.3 Å². The maximum atomic E-state index is 13.0. The number of phenols is 1. The molecule has 2 aromatic carbocycles. The van der Waals surface area contributed by atoms with Gasteiger partial charge in [-0.15, -0.1) is 0 Å². The topological polar surface area (TPSA) is 68.2 Å². The Hall–Kier alpha value is -2.99. The van der Waals surface area contributed by atoms with Crippen molar-refractivity contribution in [2.75, 3.05) is 19.9 Å². The number of hydrogen-bond donors (Lipinski definition) is 1. The van der Waals surface area contributed by atoms with Crippen LogP contribution < -0.4 is 14.2 Å². The number of allylic oxidation sites excluding steroid dienone is 1. The Balaban J connectivity index is 1.44. The van der Waals surface area contributed by atoms with Gasteiger partial charge in [0.05, 0.1) is 11.1 Å². The van der Waals surface area contributed by atoms with E-state index in [-0.39, 0.29) is 24.1 Å². The second-order valence-corrected chi connectivity index (χ2v) is 8.63. The molecule has 6 nitrogen and oxygen atoms in total. The van der Waals surface area contributed by atoms with Gasteiger partial charge in [-0.25, -0.2) is 0 Å². The molecule has 2 atom stereocenters. The third-order valence-electron chi connectivity index (χ3n) is 5.94. The SMILES string of the molecule is C[C@@H]1C[C@@H](C)CN(Cc2c(O)ccc3c2O/C(=C\c2ccc4c(c2)OCO4)C3=O)C1. The normalized spacial score (nSPS) is 24.2. The lowest BCUT2D eigenvalue weighted by Crippen LogP contribution is -2.38. The molecule has 0 aliphatic carbocycles. The van der Waals surface area contributed by atoms with E-state index in [9.17, 15) is 9.90 Å². The van der Waals surface area contributed by atoms with Gasteiger partial charge in [0.1, 0.15) is 11.5 Å². The van der Waals surface area contributed by atoms with Crippen molar-refractivity contribution in [3.63, 3.8) is 0 Å². The standard InChI is InChI=1S/C24H25NO5/c1-14-7-15(2)11-25(10-14)12-18-19(26)5-4-17-23(27)22(30-24(17)18)9-16-3-6-20-21(8-16)29-13-28-20/h3-6,8-9,14-15,26H,7,10-13H2,1-2H3/b22-9-/t14-,15-/m1/s1. The first-order valence-corrected chi connectivity index (χ1v) is 10.4. The lowest BCUT2D eigenvalue weighted by atomic mass is 9.91. The van der Waals surface area contributed by atoms with Crippen LogP contribution in [-0.4, -0.2) is 35.7 Å². The molecular weight excluding hydrogens is 382 g/mol. The van der Waals surface area contributed by atoms with Crippen LogP contribution in [0.2, 0.25) is 0 Å². The molecule has 3 heterocycles. The molecule has 0 radical (unpaired) electrons. The molecular formula is C24H25NO5. The monoisotopic (exact) mass is 407 g/mol. The predicted molar refractivity (Wildman–Crippen MR) is 112 cm³/mol. The molecule has 30 heavy (non-hydrogen) atoms. The molecule has 1 saturated heterocycles. The lowest BCUT2D eigenvalue weighted by Gasteiger charge is -2.35. The van der Waals surface area contributed by atoms with Crippen molar-refractivity contribution < 1.29 is 24.1 Å². The summed E-state index contributed by atoms with van der Waals surface area (Å²) in [6.45, 7) is 7.22. The number of carbonyl (C=O) groups is 1. The van der Waals surface area contributed by atoms with Crippen molar-refractivity contribution in [1.82, 2.24) is 4.90 Å². The molecule has 0 amide bonds. The Kier molecular flexibility index (Phi) is 4.66. The molecule has 0 aromatic heterocycles. The van der Waals surface area contributed by atoms with Gasteiger partial charge >= 0.3 is 0 Å². The highest BCUT2D eigenvalue weighted by molar-refractivity contribution is 6.15. The van der Waals surface area contributed by atoms with E-state index in [4.69, 9.17) is 14.2 Å². The van der Waals surface area contributed by atoms with Crippen LogP contribution in [0, 0.1) is 11.8 Å². The van der Waals surface area contributed by atoms with E-state index in [2.05, 4.69) is 18.7 Å². The Labute approximate surface area is 175 Å². The van der Waals surface area contributed by atoms with Crippen molar-refractivity contribution in [2.24, 2.45) is 11.8 Å². The second kappa shape index (κ2) is 7.36. The number of hydrogen-bond acceptors (Lipinski definition) is 6. The number of aromatic hydroxyl groups is 1. The van der Waals surface area contributed by atoms with E-state index in [1.807, 2.05) is 18.2 Å². The van der Waals surface area contributed by atoms with E-state index in [1.165, 1.54) is 6.42 Å². The van der Waals surface area contributed by atoms with Gasteiger partial charge < -0.3 is 19.3 Å². The smallest absolute Gasteiger partial charge is 0.231 e. The number of Topliss-reactive ketones (excluding diaryl/α,β-unsaturated/α-hetero) is 1. The van der Waals surface area contributed by atoms with Crippen LogP contribution in [0.15, 0.2) is 36.1 Å². The third-order valence-corrected chi connectivity index (χ3v) is 5.94. The highest BCUT2D eigenvalue weighted by Crippen LogP contribution is 2.41. The van der Waals surface area contributed by atoms with Gasteiger partial charge in [0.2, 0.25) is 12.6 Å². The maximum absolute atomic E-state index is 13.0. The average molecular weight is 407 g/mol. The summed E-state index contributed by atoms with van der Waals surface area (Å²) in [5, 5.41) is 10.5. The van der Waals surface area contributed by atoms with Gasteiger partial charge in [-0.2, -0.15) is 0 Å². The van der Waals surface area contributed by atoms with Crippen molar-refractivity contribution in [2.45, 2.75) is 26.8 Å². The summed E-state index contributed by atoms with van der Waals surface area (Å²) in [4.78, 5) is 15.3. The fourth-order valence-corrected chi connectivity index (χ4v) is 4.75. The minimum absolute atomic E-state index is 0.164. The molecule has 1 N–H and O–H groups in total. The second-order valence-electron chi connectivity index (χ2n) is 8.63. The summed E-state index contributed by atoms with van der Waals surface area (Å²) in [7, 11) is 0. The first-order chi connectivity index (χ1) is 14.5. The number of rotatable bonds is 3. The number of phenolic OH excluding ortho intramolecular Hbond substituents is 1. The Bertz CT molecular complexity index is 1030. The molecule has 0 spiro atoms. The van der Waals surface area contributed by atoms with E-state index in [0.717, 1.165) is 18.7 Å². The Morgan fingerprint density at radius 1 is 1.10 bits per heavy atom. The quantitative estimate of drug-likeness (QED) is 0.769. The summed E-state index contributed by atoms with van der Waals surface area (Å²) in [5.41, 5.74) is 1.96. The third kappa shape index (κ3) is 3.41. The molecule has 6 heteroatoms. The van der Waals surface area contributed by atoms with Gasteiger partial charge in [-0.3, -0.25) is 9.69 Å². The fourth-order valence-electron chi connectivity index (χ4n) is 4.75.